The number of carboxylic acid groups (broad SMARTS) is 1. The number of fused-ring (bicyclic) bond motifs is 2. The number of carbonyl (C=O) groups excluding carboxylic acids is 1. The molecule has 0 heterocycles. The second kappa shape index (κ2) is 3.12. The van der Waals surface area contributed by atoms with Gasteiger partial charge >= 0.3 is 11.9 Å². The van der Waals surface area contributed by atoms with Crippen LogP contribution in [0, 0.1) is 23.7 Å². The molecule has 2 aliphatic rings. The Kier molecular flexibility index (Phi) is 2.06. The van der Waals surface area contributed by atoms with Crippen molar-refractivity contribution in [3.8, 4) is 0 Å². The largest absolute Gasteiger partial charge is 0.481 e. The van der Waals surface area contributed by atoms with Gasteiger partial charge in [0.2, 0.25) is 0 Å². The number of ether oxygens (including phenoxy) is 1. The summed E-state index contributed by atoms with van der Waals surface area (Å²) in [5.41, 5.74) is 0. The van der Waals surface area contributed by atoms with Crippen LogP contribution >= 0.6 is 0 Å². The highest BCUT2D eigenvalue weighted by Gasteiger charge is 2.52. The fraction of sp³-hybridized carbons (Fsp3) is 0.600. The van der Waals surface area contributed by atoms with E-state index < -0.39 is 23.8 Å². The van der Waals surface area contributed by atoms with Crippen molar-refractivity contribution in [2.24, 2.45) is 23.7 Å². The van der Waals surface area contributed by atoms with Gasteiger partial charge < -0.3 is 9.84 Å². The molecule has 0 saturated heterocycles. The van der Waals surface area contributed by atoms with Gasteiger partial charge in [0.25, 0.3) is 0 Å². The molecule has 0 radical (unpaired) electrons. The van der Waals surface area contributed by atoms with Gasteiger partial charge in [0.05, 0.1) is 18.9 Å². The maximum absolute atomic E-state index is 11.4. The van der Waals surface area contributed by atoms with Crippen molar-refractivity contribution in [2.45, 2.75) is 6.42 Å². The van der Waals surface area contributed by atoms with Crippen LogP contribution in [-0.2, 0) is 14.3 Å². The molecular weight excluding hydrogens is 184 g/mol. The smallest absolute Gasteiger partial charge is 0.310 e. The Morgan fingerprint density at radius 2 is 1.86 bits per heavy atom. The Labute approximate surface area is 81.6 Å². The predicted molar refractivity (Wildman–Crippen MR) is 47.4 cm³/mol. The molecule has 3 unspecified atom stereocenters. The Morgan fingerprint density at radius 3 is 2.36 bits per heavy atom. The number of esters is 1. The first-order chi connectivity index (χ1) is 6.65. The lowest BCUT2D eigenvalue weighted by atomic mass is 9.83. The summed E-state index contributed by atoms with van der Waals surface area (Å²) in [6.07, 6.45) is 4.62. The second-order valence-corrected chi connectivity index (χ2v) is 3.86. The molecule has 76 valence electrons. The Balaban J connectivity index is 2.26. The maximum atomic E-state index is 11.4. The van der Waals surface area contributed by atoms with E-state index in [2.05, 4.69) is 4.74 Å². The molecule has 0 amide bonds. The van der Waals surface area contributed by atoms with Crippen LogP contribution in [0.2, 0.25) is 0 Å². The highest BCUT2D eigenvalue weighted by molar-refractivity contribution is 5.83. The lowest BCUT2D eigenvalue weighted by molar-refractivity contribution is -0.156. The molecule has 0 spiro atoms. The van der Waals surface area contributed by atoms with E-state index in [1.54, 1.807) is 0 Å². The summed E-state index contributed by atoms with van der Waals surface area (Å²) in [5, 5.41) is 9.01. The van der Waals surface area contributed by atoms with Crippen LogP contribution < -0.4 is 0 Å². The molecule has 4 atom stereocenters. The zero-order valence-electron chi connectivity index (χ0n) is 7.84. The van der Waals surface area contributed by atoms with Gasteiger partial charge in [-0.1, -0.05) is 12.2 Å². The minimum Gasteiger partial charge on any atom is -0.481 e. The number of methoxy groups -OCH3 is 1. The third-order valence-electron chi connectivity index (χ3n) is 3.22. The summed E-state index contributed by atoms with van der Waals surface area (Å²) in [6.45, 7) is 0. The van der Waals surface area contributed by atoms with Crippen molar-refractivity contribution < 1.29 is 19.4 Å². The minimum absolute atomic E-state index is 0.0154. The number of hydrogen-bond acceptors (Lipinski definition) is 3. The third kappa shape index (κ3) is 1.14. The van der Waals surface area contributed by atoms with Crippen LogP contribution in [0.5, 0.6) is 0 Å². The molecule has 1 fully saturated rings. The van der Waals surface area contributed by atoms with Crippen molar-refractivity contribution in [3.63, 3.8) is 0 Å². The van der Waals surface area contributed by atoms with Crippen molar-refractivity contribution in [3.05, 3.63) is 12.2 Å². The predicted octanol–water partition coefficient (Wildman–Crippen LogP) is 0.682. The minimum atomic E-state index is -0.891. The molecule has 2 aliphatic carbocycles. The van der Waals surface area contributed by atoms with Gasteiger partial charge in [0.15, 0.2) is 0 Å². The van der Waals surface area contributed by atoms with Gasteiger partial charge in [-0.3, -0.25) is 9.59 Å². The van der Waals surface area contributed by atoms with Crippen LogP contribution in [0.3, 0.4) is 0 Å². The molecule has 1 saturated carbocycles. The Hall–Kier alpha value is -1.32. The fourth-order valence-electron chi connectivity index (χ4n) is 2.62. The van der Waals surface area contributed by atoms with Crippen LogP contribution in [0.4, 0.5) is 0 Å². The third-order valence-corrected chi connectivity index (χ3v) is 3.22. The molecular formula is C10H12O4. The van der Waals surface area contributed by atoms with E-state index in [-0.39, 0.29) is 11.8 Å². The van der Waals surface area contributed by atoms with Crippen LogP contribution in [0.1, 0.15) is 6.42 Å². The summed E-state index contributed by atoms with van der Waals surface area (Å²) < 4.78 is 4.63. The van der Waals surface area contributed by atoms with Gasteiger partial charge in [0, 0.05) is 0 Å². The average Bonchev–Trinajstić information content (AvgIpc) is 2.74. The van der Waals surface area contributed by atoms with E-state index in [0.717, 1.165) is 6.42 Å². The molecule has 0 aromatic rings. The van der Waals surface area contributed by atoms with E-state index in [1.165, 1.54) is 7.11 Å². The highest BCUT2D eigenvalue weighted by atomic mass is 16.5. The quantitative estimate of drug-likeness (QED) is 0.521. The lowest BCUT2D eigenvalue weighted by Crippen LogP contribution is -2.33. The number of carboxylic acids is 1. The molecule has 0 aliphatic heterocycles. The monoisotopic (exact) mass is 196 g/mol. The Bertz CT molecular complexity index is 307. The number of allylic oxidation sites excluding steroid dienone is 2. The topological polar surface area (TPSA) is 63.6 Å². The number of hydrogen-bond donors (Lipinski definition) is 1. The van der Waals surface area contributed by atoms with E-state index in [0.29, 0.717) is 0 Å². The lowest BCUT2D eigenvalue weighted by Gasteiger charge is -2.21. The molecule has 4 heteroatoms. The molecule has 0 aromatic carbocycles. The van der Waals surface area contributed by atoms with Crippen molar-refractivity contribution in [1.29, 1.82) is 0 Å². The second-order valence-electron chi connectivity index (χ2n) is 3.86. The van der Waals surface area contributed by atoms with E-state index in [1.807, 2.05) is 12.2 Å². The van der Waals surface area contributed by atoms with Crippen molar-refractivity contribution in [2.75, 3.05) is 7.11 Å². The van der Waals surface area contributed by atoms with Gasteiger partial charge in [0.1, 0.15) is 0 Å². The molecule has 14 heavy (non-hydrogen) atoms. The molecule has 1 N–H and O–H groups in total. The van der Waals surface area contributed by atoms with Crippen LogP contribution in [0.15, 0.2) is 12.2 Å². The average molecular weight is 196 g/mol. The van der Waals surface area contributed by atoms with E-state index in [4.69, 9.17) is 5.11 Å². The first-order valence-corrected chi connectivity index (χ1v) is 4.64. The van der Waals surface area contributed by atoms with E-state index in [9.17, 15) is 9.59 Å². The first-order valence-electron chi connectivity index (χ1n) is 4.64. The number of aliphatic carboxylic acids is 1. The van der Waals surface area contributed by atoms with E-state index >= 15 is 0 Å². The summed E-state index contributed by atoms with van der Waals surface area (Å²) >= 11 is 0. The summed E-state index contributed by atoms with van der Waals surface area (Å²) in [7, 11) is 1.30. The maximum Gasteiger partial charge on any atom is 0.310 e. The normalized spacial score (nSPS) is 38.6. The SMILES string of the molecule is COC(=O)[C@@H]1C2C=CC(C2)C1C(=O)O. The van der Waals surface area contributed by atoms with Crippen molar-refractivity contribution in [1.82, 2.24) is 0 Å². The number of rotatable bonds is 2. The molecule has 2 rings (SSSR count). The fourth-order valence-corrected chi connectivity index (χ4v) is 2.62. The van der Waals surface area contributed by atoms with Crippen LogP contribution in [0.25, 0.3) is 0 Å². The zero-order chi connectivity index (χ0) is 10.3. The zero-order valence-corrected chi connectivity index (χ0v) is 7.84. The highest BCUT2D eigenvalue weighted by Crippen LogP contribution is 2.48. The molecule has 2 bridgehead atoms. The van der Waals surface area contributed by atoms with Gasteiger partial charge in [-0.15, -0.1) is 0 Å². The van der Waals surface area contributed by atoms with Gasteiger partial charge in [-0.05, 0) is 18.3 Å². The van der Waals surface area contributed by atoms with Crippen LogP contribution in [-0.4, -0.2) is 24.2 Å². The van der Waals surface area contributed by atoms with Crippen molar-refractivity contribution >= 4 is 11.9 Å². The molecule has 4 nitrogen and oxygen atoms in total. The summed E-state index contributed by atoms with van der Waals surface area (Å²) in [6, 6.07) is 0. The van der Waals surface area contributed by atoms with Gasteiger partial charge in [-0.2, -0.15) is 0 Å². The number of carbonyl (C=O) groups is 2. The summed E-state index contributed by atoms with van der Waals surface area (Å²) in [4.78, 5) is 22.4. The molecule has 0 aromatic heterocycles. The summed E-state index contributed by atoms with van der Waals surface area (Å²) in [5.74, 6) is -2.27. The standard InChI is InChI=1S/C10H12O4/c1-14-10(13)8-6-3-2-5(4-6)7(8)9(11)12/h2-3,5-8H,4H2,1H3,(H,11,12)/t5?,6?,7?,8-/m1/s1. The Morgan fingerprint density at radius 1 is 1.29 bits per heavy atom. The first kappa shape index (κ1) is 9.24. The van der Waals surface area contributed by atoms with Gasteiger partial charge in [-0.25, -0.2) is 0 Å².